The normalized spacial score (nSPS) is 11.6. The van der Waals surface area contributed by atoms with E-state index in [0.717, 1.165) is 6.42 Å². The summed E-state index contributed by atoms with van der Waals surface area (Å²) >= 11 is 3.03. The minimum absolute atomic E-state index is 0.0702. The van der Waals surface area contributed by atoms with Crippen LogP contribution in [-0.4, -0.2) is 11.9 Å². The van der Waals surface area contributed by atoms with Gasteiger partial charge in [-0.1, -0.05) is 6.92 Å². The van der Waals surface area contributed by atoms with E-state index in [0.29, 0.717) is 16.5 Å². The average Bonchev–Trinajstić information content (AvgIpc) is 2.31. The molecule has 1 aromatic rings. The first-order valence-electron chi connectivity index (χ1n) is 5.27. The van der Waals surface area contributed by atoms with Crippen LogP contribution < -0.4 is 5.32 Å². The number of hydrogen-bond donors (Lipinski definition) is 1. The second-order valence-corrected chi connectivity index (χ2v) is 4.47. The molecule has 0 bridgehead atoms. The van der Waals surface area contributed by atoms with Gasteiger partial charge in [0.1, 0.15) is 5.82 Å². The second-order valence-electron chi connectivity index (χ2n) is 3.62. The molecule has 1 amide bonds. The summed E-state index contributed by atoms with van der Waals surface area (Å²) in [5.41, 5.74) is 0.293. The van der Waals surface area contributed by atoms with Crippen molar-refractivity contribution in [3.8, 4) is 12.3 Å². The summed E-state index contributed by atoms with van der Waals surface area (Å²) in [5, 5.41) is 2.77. The molecule has 1 rings (SSSR count). The molecule has 90 valence electrons. The van der Waals surface area contributed by atoms with E-state index in [-0.39, 0.29) is 11.9 Å². The average molecular weight is 298 g/mol. The zero-order valence-corrected chi connectivity index (χ0v) is 11.1. The van der Waals surface area contributed by atoms with E-state index >= 15 is 0 Å². The lowest BCUT2D eigenvalue weighted by molar-refractivity contribution is 0.0936. The standard InChI is InChI=1S/C13H13BrFNO/c1-3-5-10(4-2)16-13(17)9-6-7-11(14)12(15)8-9/h1,6-8,10H,4-5H2,2H3,(H,16,17). The maximum absolute atomic E-state index is 13.2. The first kappa shape index (κ1) is 13.7. The van der Waals surface area contributed by atoms with Crippen LogP contribution in [-0.2, 0) is 0 Å². The van der Waals surface area contributed by atoms with Gasteiger partial charge in [-0.15, -0.1) is 12.3 Å². The molecule has 0 saturated heterocycles. The summed E-state index contributed by atoms with van der Waals surface area (Å²) in [5.74, 6) is 1.74. The van der Waals surface area contributed by atoms with Crippen LogP contribution in [0.2, 0.25) is 0 Å². The summed E-state index contributed by atoms with van der Waals surface area (Å²) in [6, 6.07) is 4.19. The Morgan fingerprint density at radius 2 is 2.35 bits per heavy atom. The number of terminal acetylenes is 1. The minimum atomic E-state index is -0.456. The molecular weight excluding hydrogens is 285 g/mol. The summed E-state index contributed by atoms with van der Waals surface area (Å²) in [7, 11) is 0. The van der Waals surface area contributed by atoms with Gasteiger partial charge in [0.15, 0.2) is 0 Å². The number of halogens is 2. The third kappa shape index (κ3) is 3.86. The van der Waals surface area contributed by atoms with E-state index in [1.165, 1.54) is 12.1 Å². The van der Waals surface area contributed by atoms with Crippen molar-refractivity contribution in [1.82, 2.24) is 5.32 Å². The van der Waals surface area contributed by atoms with Crippen LogP contribution in [0.4, 0.5) is 4.39 Å². The van der Waals surface area contributed by atoms with Crippen molar-refractivity contribution in [3.63, 3.8) is 0 Å². The zero-order chi connectivity index (χ0) is 12.8. The molecular formula is C13H13BrFNO. The van der Waals surface area contributed by atoms with E-state index in [1.54, 1.807) is 6.07 Å². The van der Waals surface area contributed by atoms with Crippen molar-refractivity contribution in [1.29, 1.82) is 0 Å². The monoisotopic (exact) mass is 297 g/mol. The number of carbonyl (C=O) groups is 1. The topological polar surface area (TPSA) is 29.1 Å². The Morgan fingerprint density at radius 3 is 2.88 bits per heavy atom. The molecule has 0 saturated carbocycles. The van der Waals surface area contributed by atoms with Gasteiger partial charge in [0.2, 0.25) is 0 Å². The van der Waals surface area contributed by atoms with Crippen molar-refractivity contribution >= 4 is 21.8 Å². The molecule has 0 aliphatic heterocycles. The summed E-state index contributed by atoms with van der Waals surface area (Å²) in [6.45, 7) is 1.93. The SMILES string of the molecule is C#CCC(CC)NC(=O)c1ccc(Br)c(F)c1. The molecule has 2 nitrogen and oxygen atoms in total. The lowest BCUT2D eigenvalue weighted by Gasteiger charge is -2.14. The van der Waals surface area contributed by atoms with Gasteiger partial charge in [0.05, 0.1) is 4.47 Å². The Balaban J connectivity index is 2.76. The summed E-state index contributed by atoms with van der Waals surface area (Å²) in [6.07, 6.45) is 6.41. The smallest absolute Gasteiger partial charge is 0.251 e. The van der Waals surface area contributed by atoms with Crippen LogP contribution >= 0.6 is 15.9 Å². The highest BCUT2D eigenvalue weighted by Gasteiger charge is 2.12. The van der Waals surface area contributed by atoms with Crippen LogP contribution in [0.3, 0.4) is 0 Å². The fraction of sp³-hybridized carbons (Fsp3) is 0.308. The Hall–Kier alpha value is -1.34. The Labute approximate surface area is 109 Å². The molecule has 0 aromatic heterocycles. The molecule has 17 heavy (non-hydrogen) atoms. The lowest BCUT2D eigenvalue weighted by Crippen LogP contribution is -2.34. The number of nitrogens with one attached hydrogen (secondary N) is 1. The van der Waals surface area contributed by atoms with E-state index in [9.17, 15) is 9.18 Å². The second kappa shape index (κ2) is 6.41. The van der Waals surface area contributed by atoms with Crippen LogP contribution in [0.25, 0.3) is 0 Å². The fourth-order valence-corrected chi connectivity index (χ4v) is 1.59. The number of carbonyl (C=O) groups excluding carboxylic acids is 1. The lowest BCUT2D eigenvalue weighted by atomic mass is 10.1. The predicted octanol–water partition coefficient (Wildman–Crippen LogP) is 3.12. The van der Waals surface area contributed by atoms with E-state index in [4.69, 9.17) is 6.42 Å². The van der Waals surface area contributed by atoms with Crippen LogP contribution in [0.5, 0.6) is 0 Å². The van der Waals surface area contributed by atoms with Gasteiger partial charge < -0.3 is 5.32 Å². The van der Waals surface area contributed by atoms with Gasteiger partial charge in [0.25, 0.3) is 5.91 Å². The van der Waals surface area contributed by atoms with Gasteiger partial charge in [-0.2, -0.15) is 0 Å². The summed E-state index contributed by atoms with van der Waals surface area (Å²) in [4.78, 5) is 11.8. The Bertz CT molecular complexity index is 453. The quantitative estimate of drug-likeness (QED) is 0.850. The van der Waals surface area contributed by atoms with E-state index in [2.05, 4.69) is 27.2 Å². The first-order chi connectivity index (χ1) is 8.08. The van der Waals surface area contributed by atoms with Crippen molar-refractivity contribution in [2.75, 3.05) is 0 Å². The molecule has 0 radical (unpaired) electrons. The van der Waals surface area contributed by atoms with Gasteiger partial charge in [-0.3, -0.25) is 4.79 Å². The summed E-state index contributed by atoms with van der Waals surface area (Å²) < 4.78 is 13.6. The number of amides is 1. The molecule has 0 aliphatic carbocycles. The van der Waals surface area contributed by atoms with Crippen LogP contribution in [0.15, 0.2) is 22.7 Å². The number of benzene rings is 1. The highest BCUT2D eigenvalue weighted by molar-refractivity contribution is 9.10. The molecule has 1 N–H and O–H groups in total. The third-order valence-electron chi connectivity index (χ3n) is 2.37. The molecule has 0 aliphatic rings. The zero-order valence-electron chi connectivity index (χ0n) is 9.47. The molecule has 0 spiro atoms. The Morgan fingerprint density at radius 1 is 1.65 bits per heavy atom. The largest absolute Gasteiger partial charge is 0.348 e. The molecule has 1 aromatic carbocycles. The highest BCUT2D eigenvalue weighted by Crippen LogP contribution is 2.16. The van der Waals surface area contributed by atoms with Crippen molar-refractivity contribution in [2.24, 2.45) is 0 Å². The van der Waals surface area contributed by atoms with Crippen LogP contribution in [0, 0.1) is 18.2 Å². The number of hydrogen-bond acceptors (Lipinski definition) is 1. The molecule has 4 heteroatoms. The van der Waals surface area contributed by atoms with Gasteiger partial charge in [-0.25, -0.2) is 4.39 Å². The van der Waals surface area contributed by atoms with Gasteiger partial charge >= 0.3 is 0 Å². The van der Waals surface area contributed by atoms with Crippen molar-refractivity contribution in [2.45, 2.75) is 25.8 Å². The van der Waals surface area contributed by atoms with Crippen molar-refractivity contribution in [3.05, 3.63) is 34.1 Å². The predicted molar refractivity (Wildman–Crippen MR) is 69.1 cm³/mol. The van der Waals surface area contributed by atoms with Crippen molar-refractivity contribution < 1.29 is 9.18 Å². The third-order valence-corrected chi connectivity index (χ3v) is 3.02. The molecule has 1 unspecified atom stereocenters. The molecule has 0 heterocycles. The van der Waals surface area contributed by atoms with Crippen LogP contribution in [0.1, 0.15) is 30.1 Å². The maximum atomic E-state index is 13.2. The first-order valence-corrected chi connectivity index (χ1v) is 6.07. The van der Waals surface area contributed by atoms with Gasteiger partial charge in [0, 0.05) is 18.0 Å². The van der Waals surface area contributed by atoms with Gasteiger partial charge in [-0.05, 0) is 40.5 Å². The number of rotatable bonds is 4. The van der Waals surface area contributed by atoms with E-state index < -0.39 is 5.82 Å². The fourth-order valence-electron chi connectivity index (χ4n) is 1.35. The van der Waals surface area contributed by atoms with E-state index in [1.807, 2.05) is 6.92 Å². The Kier molecular flexibility index (Phi) is 5.17. The minimum Gasteiger partial charge on any atom is -0.348 e. The maximum Gasteiger partial charge on any atom is 0.251 e. The highest BCUT2D eigenvalue weighted by atomic mass is 79.9. The molecule has 1 atom stereocenters. The molecule has 0 fully saturated rings.